The summed E-state index contributed by atoms with van der Waals surface area (Å²) >= 11 is 1.59. The number of nitrogens with one attached hydrogen (secondary N) is 1. The molecule has 1 heterocycles. The van der Waals surface area contributed by atoms with Gasteiger partial charge in [0.2, 0.25) is 0 Å². The van der Waals surface area contributed by atoms with Crippen molar-refractivity contribution in [2.24, 2.45) is 0 Å². The zero-order valence-electron chi connectivity index (χ0n) is 12.3. The van der Waals surface area contributed by atoms with E-state index >= 15 is 0 Å². The Balaban J connectivity index is 2.04. The van der Waals surface area contributed by atoms with Crippen molar-refractivity contribution in [3.8, 4) is 0 Å². The third-order valence-electron chi connectivity index (χ3n) is 3.60. The number of halogens is 1. The van der Waals surface area contributed by atoms with Crippen LogP contribution in [0.25, 0.3) is 0 Å². The number of thioether (sulfide) groups is 1. The standard InChI is InChI=1S/C16H24FNOS/c1-3-9-18-12(2)14-7-4-8-15(17)16(14)20-11-13-6-5-10-19-13/h4,7-8,12-13,18H,3,5-6,9-11H2,1-2H3. The molecule has 0 aromatic heterocycles. The van der Waals surface area contributed by atoms with Crippen molar-refractivity contribution in [1.29, 1.82) is 0 Å². The van der Waals surface area contributed by atoms with E-state index in [0.29, 0.717) is 0 Å². The molecule has 0 bridgehead atoms. The van der Waals surface area contributed by atoms with Gasteiger partial charge in [-0.3, -0.25) is 0 Å². The number of rotatable bonds is 7. The predicted molar refractivity (Wildman–Crippen MR) is 82.8 cm³/mol. The number of ether oxygens (including phenoxy) is 1. The topological polar surface area (TPSA) is 21.3 Å². The SMILES string of the molecule is CCCNC(C)c1cccc(F)c1SCC1CCCO1. The van der Waals surface area contributed by atoms with Crippen LogP contribution in [-0.4, -0.2) is 25.0 Å². The van der Waals surface area contributed by atoms with Crippen LogP contribution in [0.3, 0.4) is 0 Å². The van der Waals surface area contributed by atoms with Gasteiger partial charge in [0.15, 0.2) is 0 Å². The van der Waals surface area contributed by atoms with Gasteiger partial charge in [-0.05, 0) is 44.4 Å². The summed E-state index contributed by atoms with van der Waals surface area (Å²) in [6.07, 6.45) is 3.59. The Labute approximate surface area is 125 Å². The maximum absolute atomic E-state index is 14.1. The number of benzene rings is 1. The first-order valence-corrected chi connectivity index (χ1v) is 8.47. The van der Waals surface area contributed by atoms with Gasteiger partial charge < -0.3 is 10.1 Å². The summed E-state index contributed by atoms with van der Waals surface area (Å²) in [5.41, 5.74) is 1.06. The maximum atomic E-state index is 14.1. The molecule has 0 amide bonds. The molecule has 4 heteroatoms. The fourth-order valence-electron chi connectivity index (χ4n) is 2.44. The molecule has 2 unspecified atom stereocenters. The molecule has 1 saturated heterocycles. The van der Waals surface area contributed by atoms with Crippen LogP contribution in [0, 0.1) is 5.82 Å². The first kappa shape index (κ1) is 15.8. The first-order valence-electron chi connectivity index (χ1n) is 7.48. The van der Waals surface area contributed by atoms with E-state index in [1.54, 1.807) is 23.9 Å². The molecule has 112 valence electrons. The molecule has 0 spiro atoms. The van der Waals surface area contributed by atoms with Crippen LogP contribution in [-0.2, 0) is 4.74 Å². The lowest BCUT2D eigenvalue weighted by Gasteiger charge is -2.19. The molecule has 1 aliphatic heterocycles. The van der Waals surface area contributed by atoms with Crippen LogP contribution in [0.15, 0.2) is 23.1 Å². The predicted octanol–water partition coefficient (Wildman–Crippen LogP) is 4.16. The number of hydrogen-bond donors (Lipinski definition) is 1. The zero-order valence-corrected chi connectivity index (χ0v) is 13.1. The van der Waals surface area contributed by atoms with Crippen molar-refractivity contribution in [3.05, 3.63) is 29.6 Å². The van der Waals surface area contributed by atoms with Crippen molar-refractivity contribution >= 4 is 11.8 Å². The van der Waals surface area contributed by atoms with Gasteiger partial charge in [0.25, 0.3) is 0 Å². The van der Waals surface area contributed by atoms with E-state index in [9.17, 15) is 4.39 Å². The lowest BCUT2D eigenvalue weighted by molar-refractivity contribution is 0.129. The van der Waals surface area contributed by atoms with Crippen LogP contribution in [0.5, 0.6) is 0 Å². The molecule has 2 nitrogen and oxygen atoms in total. The Kier molecular flexibility index (Phi) is 6.33. The summed E-state index contributed by atoms with van der Waals surface area (Å²) in [7, 11) is 0. The van der Waals surface area contributed by atoms with E-state index in [4.69, 9.17) is 4.74 Å². The molecule has 1 N–H and O–H groups in total. The number of hydrogen-bond acceptors (Lipinski definition) is 3. The van der Waals surface area contributed by atoms with E-state index in [1.165, 1.54) is 0 Å². The fraction of sp³-hybridized carbons (Fsp3) is 0.625. The summed E-state index contributed by atoms with van der Waals surface area (Å²) in [6, 6.07) is 5.55. The molecule has 1 aromatic carbocycles. The Morgan fingerprint density at radius 3 is 3.05 bits per heavy atom. The normalized spacial score (nSPS) is 20.2. The highest BCUT2D eigenvalue weighted by Gasteiger charge is 2.19. The van der Waals surface area contributed by atoms with Gasteiger partial charge in [0, 0.05) is 23.3 Å². The van der Waals surface area contributed by atoms with Crippen LogP contribution in [0.4, 0.5) is 4.39 Å². The molecule has 1 fully saturated rings. The molecule has 0 aliphatic carbocycles. The summed E-state index contributed by atoms with van der Waals surface area (Å²) in [6.45, 7) is 6.04. The Hall–Kier alpha value is -0.580. The second-order valence-electron chi connectivity index (χ2n) is 5.28. The maximum Gasteiger partial charge on any atom is 0.137 e. The molecular formula is C16H24FNOS. The molecule has 0 saturated carbocycles. The minimum atomic E-state index is -0.115. The molecule has 20 heavy (non-hydrogen) atoms. The first-order chi connectivity index (χ1) is 9.72. The van der Waals surface area contributed by atoms with Crippen LogP contribution in [0.1, 0.15) is 44.7 Å². The lowest BCUT2D eigenvalue weighted by atomic mass is 10.1. The van der Waals surface area contributed by atoms with Gasteiger partial charge in [-0.15, -0.1) is 11.8 Å². The summed E-state index contributed by atoms with van der Waals surface area (Å²) < 4.78 is 19.7. The summed E-state index contributed by atoms with van der Waals surface area (Å²) in [4.78, 5) is 0.777. The second-order valence-corrected chi connectivity index (χ2v) is 6.31. The van der Waals surface area contributed by atoms with E-state index in [-0.39, 0.29) is 18.0 Å². The molecule has 2 rings (SSSR count). The van der Waals surface area contributed by atoms with Crippen LogP contribution in [0.2, 0.25) is 0 Å². The third kappa shape index (κ3) is 4.21. The lowest BCUT2D eigenvalue weighted by Crippen LogP contribution is -2.20. The summed E-state index contributed by atoms with van der Waals surface area (Å²) in [5.74, 6) is 0.727. The smallest absolute Gasteiger partial charge is 0.137 e. The van der Waals surface area contributed by atoms with Crippen LogP contribution >= 0.6 is 11.8 Å². The minimum Gasteiger partial charge on any atom is -0.377 e. The van der Waals surface area contributed by atoms with E-state index in [1.807, 2.05) is 6.07 Å². The minimum absolute atomic E-state index is 0.115. The van der Waals surface area contributed by atoms with Gasteiger partial charge in [0.1, 0.15) is 5.82 Å². The molecule has 0 radical (unpaired) electrons. The monoisotopic (exact) mass is 297 g/mol. The molecule has 1 aromatic rings. The fourth-order valence-corrected chi connectivity index (χ4v) is 3.67. The van der Waals surface area contributed by atoms with Crippen molar-refractivity contribution < 1.29 is 9.13 Å². The van der Waals surface area contributed by atoms with E-state index in [2.05, 4.69) is 19.2 Å². The average Bonchev–Trinajstić information content (AvgIpc) is 2.96. The molecule has 2 atom stereocenters. The Bertz CT molecular complexity index is 421. The highest BCUT2D eigenvalue weighted by molar-refractivity contribution is 7.99. The Morgan fingerprint density at radius 1 is 1.50 bits per heavy atom. The van der Waals surface area contributed by atoms with Crippen molar-refractivity contribution in [3.63, 3.8) is 0 Å². The molecular weight excluding hydrogens is 273 g/mol. The van der Waals surface area contributed by atoms with Crippen molar-refractivity contribution in [2.75, 3.05) is 18.9 Å². The van der Waals surface area contributed by atoms with Gasteiger partial charge in [0.05, 0.1) is 6.10 Å². The van der Waals surface area contributed by atoms with E-state index < -0.39 is 0 Å². The highest BCUT2D eigenvalue weighted by atomic mass is 32.2. The quantitative estimate of drug-likeness (QED) is 0.764. The van der Waals surface area contributed by atoms with Crippen molar-refractivity contribution in [2.45, 2.75) is 50.2 Å². The second kappa shape index (κ2) is 8.01. The summed E-state index contributed by atoms with van der Waals surface area (Å²) in [5, 5.41) is 3.43. The van der Waals surface area contributed by atoms with Gasteiger partial charge >= 0.3 is 0 Å². The molecule has 1 aliphatic rings. The zero-order chi connectivity index (χ0) is 14.4. The van der Waals surface area contributed by atoms with Crippen molar-refractivity contribution in [1.82, 2.24) is 5.32 Å². The third-order valence-corrected chi connectivity index (χ3v) is 4.86. The highest BCUT2D eigenvalue weighted by Crippen LogP contribution is 2.32. The largest absolute Gasteiger partial charge is 0.377 e. The van der Waals surface area contributed by atoms with Gasteiger partial charge in [-0.25, -0.2) is 4.39 Å². The van der Waals surface area contributed by atoms with Gasteiger partial charge in [-0.2, -0.15) is 0 Å². The van der Waals surface area contributed by atoms with E-state index in [0.717, 1.165) is 48.6 Å². The van der Waals surface area contributed by atoms with Gasteiger partial charge in [-0.1, -0.05) is 19.1 Å². The van der Waals surface area contributed by atoms with Crippen LogP contribution < -0.4 is 5.32 Å². The Morgan fingerprint density at radius 2 is 2.35 bits per heavy atom. The average molecular weight is 297 g/mol.